The number of fused-ring (bicyclic) bond motifs is 1. The number of methoxy groups -OCH3 is 1. The molecule has 2 heterocycles. The molecule has 0 bridgehead atoms. The maximum absolute atomic E-state index is 12.6. The number of aryl methyl sites for hydroxylation is 1. The van der Waals surface area contributed by atoms with Gasteiger partial charge in [-0.2, -0.15) is 0 Å². The number of H-pyrrole nitrogens is 1. The monoisotopic (exact) mass is 512 g/mol. The highest BCUT2D eigenvalue weighted by atomic mass is 127. The molecule has 9 heteroatoms. The molecule has 2 aromatic heterocycles. The van der Waals surface area contributed by atoms with Gasteiger partial charge in [0.15, 0.2) is 5.69 Å². The zero-order chi connectivity index (χ0) is 20.1. The second kappa shape index (κ2) is 10.6. The highest BCUT2D eigenvalue weighted by Gasteiger charge is 2.15. The van der Waals surface area contributed by atoms with Gasteiger partial charge in [-0.05, 0) is 44.3 Å². The third-order valence-electron chi connectivity index (χ3n) is 4.99. The maximum atomic E-state index is 12.6. The number of hydrogen-bond donors (Lipinski definition) is 2. The van der Waals surface area contributed by atoms with E-state index in [2.05, 4.69) is 39.2 Å². The van der Waals surface area contributed by atoms with E-state index < -0.39 is 0 Å². The minimum Gasteiger partial charge on any atom is -0.497 e. The normalized spacial score (nSPS) is 10.9. The van der Waals surface area contributed by atoms with Gasteiger partial charge >= 0.3 is 0 Å². The summed E-state index contributed by atoms with van der Waals surface area (Å²) in [6, 6.07) is 5.77. The van der Waals surface area contributed by atoms with Gasteiger partial charge in [0, 0.05) is 36.3 Å². The molecule has 2 N–H and O–H groups in total. The zero-order valence-corrected chi connectivity index (χ0v) is 19.7. The zero-order valence-electron chi connectivity index (χ0n) is 17.4. The summed E-state index contributed by atoms with van der Waals surface area (Å²) in [4.78, 5) is 17.8. The first-order valence-electron chi connectivity index (χ1n) is 9.64. The van der Waals surface area contributed by atoms with Crippen molar-refractivity contribution >= 4 is 40.8 Å². The van der Waals surface area contributed by atoms with E-state index in [0.717, 1.165) is 54.8 Å². The summed E-state index contributed by atoms with van der Waals surface area (Å²) in [6.45, 7) is 8.12. The summed E-state index contributed by atoms with van der Waals surface area (Å²) < 4.78 is 7.28. The predicted octanol–water partition coefficient (Wildman–Crippen LogP) is 3.09. The number of ether oxygens (including phenoxy) is 1. The van der Waals surface area contributed by atoms with Crippen LogP contribution in [0.15, 0.2) is 29.2 Å². The van der Waals surface area contributed by atoms with Gasteiger partial charge in [0.1, 0.15) is 5.75 Å². The summed E-state index contributed by atoms with van der Waals surface area (Å²) >= 11 is 0. The molecule has 0 aliphatic carbocycles. The highest BCUT2D eigenvalue weighted by molar-refractivity contribution is 14.0. The van der Waals surface area contributed by atoms with Crippen LogP contribution in [0.4, 0.5) is 5.95 Å². The van der Waals surface area contributed by atoms with E-state index in [-0.39, 0.29) is 29.5 Å². The Morgan fingerprint density at radius 1 is 1.24 bits per heavy atom. The number of halogens is 1. The van der Waals surface area contributed by atoms with Gasteiger partial charge in [-0.1, -0.05) is 13.8 Å². The molecular formula is C20H29IN6O2. The molecule has 0 unspecified atom stereocenters. The van der Waals surface area contributed by atoms with Crippen LogP contribution >= 0.6 is 24.0 Å². The largest absolute Gasteiger partial charge is 0.497 e. The first kappa shape index (κ1) is 23.1. The first-order valence-corrected chi connectivity index (χ1v) is 9.64. The van der Waals surface area contributed by atoms with E-state index in [0.29, 0.717) is 11.6 Å². The van der Waals surface area contributed by atoms with Crippen molar-refractivity contribution in [1.29, 1.82) is 0 Å². The lowest BCUT2D eigenvalue weighted by Crippen LogP contribution is -2.26. The molecule has 0 amide bonds. The molecule has 0 fully saturated rings. The summed E-state index contributed by atoms with van der Waals surface area (Å²) in [5, 5.41) is 12.4. The Hall–Kier alpha value is -2.14. The van der Waals surface area contributed by atoms with E-state index in [9.17, 15) is 4.79 Å². The van der Waals surface area contributed by atoms with Gasteiger partial charge in [0.05, 0.1) is 7.11 Å². The molecule has 0 spiro atoms. The molecule has 8 nitrogen and oxygen atoms in total. The van der Waals surface area contributed by atoms with Crippen LogP contribution in [-0.2, 0) is 7.05 Å². The number of nitrogens with one attached hydrogen (secondary N) is 2. The summed E-state index contributed by atoms with van der Waals surface area (Å²) in [5.74, 6) is 1.13. The molecule has 1 aromatic carbocycles. The number of benzene rings is 1. The standard InChI is InChI=1S/C20H28N6O2.HI/c1-5-26(6-2)11-7-10-21-20-22-19(27)18(23-24-20)16-13-25(3)17-9-8-14(28-4)12-15(16)17;/h8-9,12-13H,5-7,10-11H2,1-4H3,(H2,21,22,24,27);1H. The fourth-order valence-electron chi connectivity index (χ4n) is 3.33. The minimum atomic E-state index is -0.267. The summed E-state index contributed by atoms with van der Waals surface area (Å²) in [6.07, 6.45) is 2.86. The van der Waals surface area contributed by atoms with Crippen molar-refractivity contribution in [2.24, 2.45) is 7.05 Å². The first-order chi connectivity index (χ1) is 13.6. The number of anilines is 1. The maximum Gasteiger partial charge on any atom is 0.279 e. The van der Waals surface area contributed by atoms with Crippen LogP contribution in [0, 0.1) is 0 Å². The lowest BCUT2D eigenvalue weighted by Gasteiger charge is -2.17. The molecule has 0 atom stereocenters. The van der Waals surface area contributed by atoms with Gasteiger partial charge in [0.25, 0.3) is 5.56 Å². The van der Waals surface area contributed by atoms with Crippen molar-refractivity contribution in [3.8, 4) is 17.0 Å². The second-order valence-electron chi connectivity index (χ2n) is 6.70. The molecule has 0 saturated heterocycles. The van der Waals surface area contributed by atoms with Crippen molar-refractivity contribution in [2.75, 3.05) is 38.6 Å². The SMILES string of the molecule is CCN(CC)CCCNc1nnc(-c2cn(C)c3ccc(OC)cc23)c(=O)[nH]1.I. The molecule has 3 rings (SSSR count). The Labute approximate surface area is 187 Å². The quantitative estimate of drug-likeness (QED) is 0.339. The lowest BCUT2D eigenvalue weighted by molar-refractivity contribution is 0.303. The van der Waals surface area contributed by atoms with E-state index in [1.165, 1.54) is 0 Å². The lowest BCUT2D eigenvalue weighted by atomic mass is 10.1. The molecule has 0 aliphatic heterocycles. The predicted molar refractivity (Wildman–Crippen MR) is 127 cm³/mol. The topological polar surface area (TPSA) is 88.1 Å². The van der Waals surface area contributed by atoms with Crippen LogP contribution in [0.2, 0.25) is 0 Å². The van der Waals surface area contributed by atoms with Crippen LogP contribution in [0.5, 0.6) is 5.75 Å². The van der Waals surface area contributed by atoms with Crippen LogP contribution in [0.3, 0.4) is 0 Å². The van der Waals surface area contributed by atoms with Crippen LogP contribution in [0.25, 0.3) is 22.2 Å². The van der Waals surface area contributed by atoms with Gasteiger partial charge in [0.2, 0.25) is 5.95 Å². The van der Waals surface area contributed by atoms with E-state index >= 15 is 0 Å². The molecule has 29 heavy (non-hydrogen) atoms. The van der Waals surface area contributed by atoms with Gasteiger partial charge in [-0.3, -0.25) is 9.78 Å². The van der Waals surface area contributed by atoms with Crippen molar-refractivity contribution in [1.82, 2.24) is 24.6 Å². The fraction of sp³-hybridized carbons (Fsp3) is 0.450. The van der Waals surface area contributed by atoms with E-state index in [4.69, 9.17) is 4.74 Å². The molecule has 0 saturated carbocycles. The number of rotatable bonds is 9. The number of nitrogens with zero attached hydrogens (tertiary/aromatic N) is 4. The Morgan fingerprint density at radius 2 is 2.00 bits per heavy atom. The Bertz CT molecular complexity index is 996. The van der Waals surface area contributed by atoms with Gasteiger partial charge in [-0.25, -0.2) is 0 Å². The van der Waals surface area contributed by atoms with Gasteiger partial charge < -0.3 is 19.5 Å². The van der Waals surface area contributed by atoms with Crippen LogP contribution in [-0.4, -0.2) is 57.9 Å². The van der Waals surface area contributed by atoms with Crippen LogP contribution in [0.1, 0.15) is 20.3 Å². The minimum absolute atomic E-state index is 0. The van der Waals surface area contributed by atoms with Crippen molar-refractivity contribution in [3.05, 3.63) is 34.7 Å². The molecule has 0 aliphatic rings. The Morgan fingerprint density at radius 3 is 2.66 bits per heavy atom. The summed E-state index contributed by atoms with van der Waals surface area (Å²) in [5.41, 5.74) is 1.76. The third kappa shape index (κ3) is 5.27. The average Bonchev–Trinajstić information content (AvgIpc) is 3.04. The summed E-state index contributed by atoms with van der Waals surface area (Å²) in [7, 11) is 3.56. The molecule has 3 aromatic rings. The molecule has 0 radical (unpaired) electrons. The van der Waals surface area contributed by atoms with Crippen LogP contribution < -0.4 is 15.6 Å². The van der Waals surface area contributed by atoms with Crippen molar-refractivity contribution < 1.29 is 4.74 Å². The van der Waals surface area contributed by atoms with E-state index in [1.54, 1.807) is 7.11 Å². The number of aromatic amines is 1. The number of aromatic nitrogens is 4. The molecular weight excluding hydrogens is 483 g/mol. The van der Waals surface area contributed by atoms with E-state index in [1.807, 2.05) is 36.0 Å². The third-order valence-corrected chi connectivity index (χ3v) is 4.99. The Kier molecular flexibility index (Phi) is 8.45. The highest BCUT2D eigenvalue weighted by Crippen LogP contribution is 2.30. The van der Waals surface area contributed by atoms with Crippen molar-refractivity contribution in [3.63, 3.8) is 0 Å². The number of hydrogen-bond acceptors (Lipinski definition) is 6. The van der Waals surface area contributed by atoms with Gasteiger partial charge in [-0.15, -0.1) is 34.2 Å². The fourth-order valence-corrected chi connectivity index (χ4v) is 3.33. The second-order valence-corrected chi connectivity index (χ2v) is 6.70. The average molecular weight is 512 g/mol. The smallest absolute Gasteiger partial charge is 0.279 e. The molecule has 158 valence electrons. The van der Waals surface area contributed by atoms with Crippen molar-refractivity contribution in [2.45, 2.75) is 20.3 Å². The Balaban J connectivity index is 0.00000300.